The van der Waals surface area contributed by atoms with Crippen molar-refractivity contribution in [2.75, 3.05) is 6.54 Å². The van der Waals surface area contributed by atoms with Crippen LogP contribution in [-0.2, 0) is 13.1 Å². The molecule has 0 spiro atoms. The van der Waals surface area contributed by atoms with Gasteiger partial charge in [-0.15, -0.1) is 0 Å². The largest absolute Gasteiger partial charge is 0.361 e. The molecule has 0 atom stereocenters. The van der Waals surface area contributed by atoms with Crippen LogP contribution in [0.4, 0.5) is 0 Å². The first kappa shape index (κ1) is 9.66. The van der Waals surface area contributed by atoms with Crippen LogP contribution in [-0.4, -0.2) is 16.3 Å². The van der Waals surface area contributed by atoms with E-state index >= 15 is 0 Å². The van der Waals surface area contributed by atoms with Crippen molar-refractivity contribution < 1.29 is 4.52 Å². The summed E-state index contributed by atoms with van der Waals surface area (Å²) >= 11 is 0. The van der Waals surface area contributed by atoms with E-state index in [0.29, 0.717) is 0 Å². The molecule has 1 aliphatic heterocycles. The minimum Gasteiger partial charge on any atom is -0.361 e. The maximum absolute atomic E-state index is 5.21. The van der Waals surface area contributed by atoms with E-state index in [2.05, 4.69) is 27.3 Å². The van der Waals surface area contributed by atoms with Crippen LogP contribution in [0.1, 0.15) is 17.1 Å². The molecule has 0 fully saturated rings. The molecule has 3 heterocycles. The number of nitrogens with one attached hydrogen (secondary N) is 1. The van der Waals surface area contributed by atoms with E-state index in [9.17, 15) is 0 Å². The zero-order chi connectivity index (χ0) is 11.1. The van der Waals surface area contributed by atoms with Crippen LogP contribution in [0.25, 0.3) is 11.1 Å². The first-order valence-corrected chi connectivity index (χ1v) is 5.59. The van der Waals surface area contributed by atoms with Crippen molar-refractivity contribution in [3.8, 4) is 11.1 Å². The number of hydrogen-bond donors (Lipinski definition) is 1. The second kappa shape index (κ2) is 3.49. The third-order valence-corrected chi connectivity index (χ3v) is 3.14. The molecule has 1 N–H and O–H groups in total. The van der Waals surface area contributed by atoms with E-state index in [1.165, 1.54) is 11.3 Å². The third-order valence-electron chi connectivity index (χ3n) is 3.14. The molecule has 0 aliphatic carbocycles. The molecule has 1 aliphatic rings. The minimum absolute atomic E-state index is 0.897. The van der Waals surface area contributed by atoms with Crippen molar-refractivity contribution in [3.05, 3.63) is 29.4 Å². The Morgan fingerprint density at radius 3 is 3.00 bits per heavy atom. The zero-order valence-electron chi connectivity index (χ0n) is 9.58. The second-order valence-corrected chi connectivity index (χ2v) is 4.29. The summed E-state index contributed by atoms with van der Waals surface area (Å²) in [4.78, 5) is 0. The SMILES string of the molecule is Cc1noc(C)c1-c1cc2n(c1)CCNC2. The molecule has 4 heteroatoms. The summed E-state index contributed by atoms with van der Waals surface area (Å²) in [5.74, 6) is 0.897. The van der Waals surface area contributed by atoms with Gasteiger partial charge in [0, 0.05) is 42.7 Å². The van der Waals surface area contributed by atoms with Gasteiger partial charge in [-0.2, -0.15) is 0 Å². The summed E-state index contributed by atoms with van der Waals surface area (Å²) in [6.07, 6.45) is 2.20. The number of hydrogen-bond acceptors (Lipinski definition) is 3. The average molecular weight is 217 g/mol. The fraction of sp³-hybridized carbons (Fsp3) is 0.417. The molecule has 2 aromatic rings. The highest BCUT2D eigenvalue weighted by atomic mass is 16.5. The monoisotopic (exact) mass is 217 g/mol. The van der Waals surface area contributed by atoms with Gasteiger partial charge in [0.15, 0.2) is 0 Å². The molecule has 0 aromatic carbocycles. The van der Waals surface area contributed by atoms with Crippen molar-refractivity contribution in [2.24, 2.45) is 0 Å². The molecule has 0 unspecified atom stereocenters. The maximum Gasteiger partial charge on any atom is 0.141 e. The van der Waals surface area contributed by atoms with E-state index in [1.54, 1.807) is 0 Å². The lowest BCUT2D eigenvalue weighted by Crippen LogP contribution is -2.27. The molecule has 0 radical (unpaired) electrons. The molecule has 2 aromatic heterocycles. The Morgan fingerprint density at radius 1 is 1.44 bits per heavy atom. The lowest BCUT2D eigenvalue weighted by Gasteiger charge is -2.15. The van der Waals surface area contributed by atoms with Crippen LogP contribution in [0.3, 0.4) is 0 Å². The number of fused-ring (bicyclic) bond motifs is 1. The first-order chi connectivity index (χ1) is 7.75. The fourth-order valence-corrected chi connectivity index (χ4v) is 2.36. The van der Waals surface area contributed by atoms with Crippen LogP contribution in [0, 0.1) is 13.8 Å². The molecule has 4 nitrogen and oxygen atoms in total. The summed E-state index contributed by atoms with van der Waals surface area (Å²) in [7, 11) is 0. The van der Waals surface area contributed by atoms with Crippen molar-refractivity contribution in [2.45, 2.75) is 26.9 Å². The summed E-state index contributed by atoms with van der Waals surface area (Å²) < 4.78 is 7.51. The second-order valence-electron chi connectivity index (χ2n) is 4.29. The predicted molar refractivity (Wildman–Crippen MR) is 61.1 cm³/mol. The van der Waals surface area contributed by atoms with E-state index in [-0.39, 0.29) is 0 Å². The molecule has 0 saturated carbocycles. The van der Waals surface area contributed by atoms with Crippen molar-refractivity contribution in [3.63, 3.8) is 0 Å². The van der Waals surface area contributed by atoms with Crippen molar-refractivity contribution in [1.82, 2.24) is 15.0 Å². The van der Waals surface area contributed by atoms with Crippen LogP contribution < -0.4 is 5.32 Å². The first-order valence-electron chi connectivity index (χ1n) is 5.59. The van der Waals surface area contributed by atoms with Gasteiger partial charge in [-0.1, -0.05) is 5.16 Å². The van der Waals surface area contributed by atoms with Gasteiger partial charge in [-0.25, -0.2) is 0 Å². The topological polar surface area (TPSA) is 43.0 Å². The van der Waals surface area contributed by atoms with E-state index in [4.69, 9.17) is 4.52 Å². The number of aryl methyl sites for hydroxylation is 2. The Balaban J connectivity index is 2.10. The third kappa shape index (κ3) is 1.38. The van der Waals surface area contributed by atoms with Crippen LogP contribution in [0.5, 0.6) is 0 Å². The Hall–Kier alpha value is -1.55. The van der Waals surface area contributed by atoms with Crippen LogP contribution >= 0.6 is 0 Å². The molecule has 0 bridgehead atoms. The number of rotatable bonds is 1. The number of nitrogens with zero attached hydrogens (tertiary/aromatic N) is 2. The predicted octanol–water partition coefficient (Wildman–Crippen LogP) is 1.86. The summed E-state index contributed by atoms with van der Waals surface area (Å²) in [6, 6.07) is 2.22. The lowest BCUT2D eigenvalue weighted by molar-refractivity contribution is 0.393. The minimum atomic E-state index is 0.897. The molecule has 0 saturated heterocycles. The Morgan fingerprint density at radius 2 is 2.31 bits per heavy atom. The summed E-state index contributed by atoms with van der Waals surface area (Å²) in [6.45, 7) is 6.98. The van der Waals surface area contributed by atoms with E-state index < -0.39 is 0 Å². The van der Waals surface area contributed by atoms with E-state index in [0.717, 1.165) is 36.7 Å². The van der Waals surface area contributed by atoms with Gasteiger partial charge in [0.05, 0.1) is 5.69 Å². The van der Waals surface area contributed by atoms with Crippen LogP contribution in [0.15, 0.2) is 16.8 Å². The van der Waals surface area contributed by atoms with Crippen molar-refractivity contribution >= 4 is 0 Å². The highest BCUT2D eigenvalue weighted by Gasteiger charge is 2.16. The smallest absolute Gasteiger partial charge is 0.141 e. The highest BCUT2D eigenvalue weighted by Crippen LogP contribution is 2.29. The highest BCUT2D eigenvalue weighted by molar-refractivity contribution is 5.67. The van der Waals surface area contributed by atoms with E-state index in [1.807, 2.05) is 13.8 Å². The maximum atomic E-state index is 5.21. The lowest BCUT2D eigenvalue weighted by atomic mass is 10.1. The molecular weight excluding hydrogens is 202 g/mol. The Kier molecular flexibility index (Phi) is 2.11. The molecule has 84 valence electrons. The zero-order valence-corrected chi connectivity index (χ0v) is 9.58. The van der Waals surface area contributed by atoms with Gasteiger partial charge in [0.1, 0.15) is 5.76 Å². The standard InChI is InChI=1S/C12H15N3O/c1-8-12(9(2)16-14-8)10-5-11-6-13-3-4-15(11)7-10/h5,7,13H,3-4,6H2,1-2H3. The molecule has 0 amide bonds. The molecule has 16 heavy (non-hydrogen) atoms. The fourth-order valence-electron chi connectivity index (χ4n) is 2.36. The van der Waals surface area contributed by atoms with Crippen LogP contribution in [0.2, 0.25) is 0 Å². The quantitative estimate of drug-likeness (QED) is 0.793. The van der Waals surface area contributed by atoms with Gasteiger partial charge in [-0.3, -0.25) is 0 Å². The Bertz CT molecular complexity index is 481. The molecule has 3 rings (SSSR count). The summed E-state index contributed by atoms with van der Waals surface area (Å²) in [5, 5.41) is 7.37. The van der Waals surface area contributed by atoms with Gasteiger partial charge < -0.3 is 14.4 Å². The van der Waals surface area contributed by atoms with Gasteiger partial charge in [-0.05, 0) is 19.9 Å². The van der Waals surface area contributed by atoms with Gasteiger partial charge in [0.25, 0.3) is 0 Å². The van der Waals surface area contributed by atoms with Gasteiger partial charge in [0.2, 0.25) is 0 Å². The van der Waals surface area contributed by atoms with Crippen molar-refractivity contribution in [1.29, 1.82) is 0 Å². The number of aromatic nitrogens is 2. The average Bonchev–Trinajstić information content (AvgIpc) is 2.82. The normalized spacial score (nSPS) is 15.1. The Labute approximate surface area is 94.2 Å². The van der Waals surface area contributed by atoms with Gasteiger partial charge >= 0.3 is 0 Å². The molecular formula is C12H15N3O. The summed E-state index contributed by atoms with van der Waals surface area (Å²) in [5.41, 5.74) is 4.66.